The van der Waals surface area contributed by atoms with E-state index in [1.54, 1.807) is 11.1 Å². The molecule has 1 aromatic heterocycles. The first-order valence-corrected chi connectivity index (χ1v) is 7.41. The minimum absolute atomic E-state index is 0.00170. The number of benzene rings is 1. The Balaban J connectivity index is 1.55. The van der Waals surface area contributed by atoms with E-state index in [1.165, 1.54) is 0 Å². The molecule has 1 atom stereocenters. The van der Waals surface area contributed by atoms with Gasteiger partial charge in [0.1, 0.15) is 6.10 Å². The normalized spacial score (nSPS) is 17.3. The van der Waals surface area contributed by atoms with Crippen LogP contribution in [-0.4, -0.2) is 35.1 Å². The maximum absolute atomic E-state index is 12.3. The highest BCUT2D eigenvalue weighted by Crippen LogP contribution is 2.18. The van der Waals surface area contributed by atoms with E-state index in [-0.39, 0.29) is 12.1 Å². The van der Waals surface area contributed by atoms with Crippen LogP contribution in [0.5, 0.6) is 5.88 Å². The maximum Gasteiger partial charge on any atom is 0.321 e. The van der Waals surface area contributed by atoms with Gasteiger partial charge in [0.2, 0.25) is 5.88 Å². The van der Waals surface area contributed by atoms with E-state index < -0.39 is 0 Å². The van der Waals surface area contributed by atoms with Crippen LogP contribution in [-0.2, 0) is 0 Å². The summed E-state index contributed by atoms with van der Waals surface area (Å²) in [5.74, 6) is 0.605. The zero-order valence-corrected chi connectivity index (χ0v) is 12.5. The van der Waals surface area contributed by atoms with Crippen molar-refractivity contribution in [3.63, 3.8) is 0 Å². The summed E-state index contributed by atoms with van der Waals surface area (Å²) in [6.45, 7) is 3.27. The topological polar surface area (TPSA) is 54.5 Å². The van der Waals surface area contributed by atoms with Gasteiger partial charge in [0.15, 0.2) is 0 Å². The second-order valence-electron chi connectivity index (χ2n) is 5.44. The molecule has 3 rings (SSSR count). The first-order valence-electron chi connectivity index (χ1n) is 7.41. The van der Waals surface area contributed by atoms with E-state index in [9.17, 15) is 4.79 Å². The van der Waals surface area contributed by atoms with Crippen molar-refractivity contribution in [2.45, 2.75) is 19.4 Å². The molecule has 2 heterocycles. The molecule has 1 unspecified atom stereocenters. The molecule has 2 aromatic rings. The van der Waals surface area contributed by atoms with Crippen LogP contribution in [0.1, 0.15) is 12.0 Å². The first kappa shape index (κ1) is 14.4. The third-order valence-electron chi connectivity index (χ3n) is 3.63. The second kappa shape index (κ2) is 6.47. The predicted molar refractivity (Wildman–Crippen MR) is 85.0 cm³/mol. The van der Waals surface area contributed by atoms with Crippen molar-refractivity contribution in [2.24, 2.45) is 0 Å². The van der Waals surface area contributed by atoms with E-state index in [1.807, 2.05) is 49.4 Å². The number of carbonyl (C=O) groups excluding carboxylic acids is 1. The lowest BCUT2D eigenvalue weighted by Crippen LogP contribution is -2.34. The van der Waals surface area contributed by atoms with Crippen LogP contribution in [0.2, 0.25) is 0 Å². The highest BCUT2D eigenvalue weighted by atomic mass is 16.5. The number of ether oxygens (including phenoxy) is 1. The molecule has 1 saturated heterocycles. The molecule has 0 aliphatic carbocycles. The summed E-state index contributed by atoms with van der Waals surface area (Å²) < 4.78 is 5.79. The number of pyridine rings is 1. The molecule has 5 heteroatoms. The van der Waals surface area contributed by atoms with Gasteiger partial charge in [-0.25, -0.2) is 9.78 Å². The summed E-state index contributed by atoms with van der Waals surface area (Å²) in [5, 5.41) is 2.92. The van der Waals surface area contributed by atoms with Crippen LogP contribution in [0, 0.1) is 6.92 Å². The van der Waals surface area contributed by atoms with E-state index >= 15 is 0 Å². The molecule has 0 spiro atoms. The third-order valence-corrected chi connectivity index (χ3v) is 3.63. The summed E-state index contributed by atoms with van der Waals surface area (Å²) in [6, 6.07) is 13.3. The molecule has 1 aliphatic rings. The van der Waals surface area contributed by atoms with Crippen molar-refractivity contribution in [1.29, 1.82) is 0 Å². The fourth-order valence-electron chi connectivity index (χ4n) is 2.52. The van der Waals surface area contributed by atoms with Crippen molar-refractivity contribution in [2.75, 3.05) is 18.4 Å². The van der Waals surface area contributed by atoms with Crippen LogP contribution >= 0.6 is 0 Å². The maximum atomic E-state index is 12.3. The van der Waals surface area contributed by atoms with Gasteiger partial charge in [-0.3, -0.25) is 0 Å². The zero-order valence-electron chi connectivity index (χ0n) is 12.5. The van der Waals surface area contributed by atoms with Crippen molar-refractivity contribution < 1.29 is 9.53 Å². The Bertz CT molecular complexity index is 645. The van der Waals surface area contributed by atoms with Gasteiger partial charge in [-0.05, 0) is 30.7 Å². The van der Waals surface area contributed by atoms with Crippen molar-refractivity contribution in [3.8, 4) is 5.88 Å². The number of amides is 2. The Morgan fingerprint density at radius 2 is 2.23 bits per heavy atom. The lowest BCUT2D eigenvalue weighted by Gasteiger charge is -2.18. The standard InChI is InChI=1S/C17H19N3O2/c1-13-5-4-6-14(11-13)19-17(21)20-10-8-15(12-20)22-16-7-2-3-9-18-16/h2-7,9,11,15H,8,10,12H2,1H3,(H,19,21). The zero-order chi connectivity index (χ0) is 15.4. The number of nitrogens with zero attached hydrogens (tertiary/aromatic N) is 2. The van der Waals surface area contributed by atoms with Gasteiger partial charge >= 0.3 is 6.03 Å². The molecule has 0 radical (unpaired) electrons. The Hall–Kier alpha value is -2.56. The average molecular weight is 297 g/mol. The SMILES string of the molecule is Cc1cccc(NC(=O)N2CCC(Oc3ccccn3)C2)c1. The monoisotopic (exact) mass is 297 g/mol. The Morgan fingerprint density at radius 1 is 1.32 bits per heavy atom. The molecule has 2 amide bonds. The lowest BCUT2D eigenvalue weighted by atomic mass is 10.2. The quantitative estimate of drug-likeness (QED) is 0.947. The molecule has 114 valence electrons. The highest BCUT2D eigenvalue weighted by molar-refractivity contribution is 5.89. The van der Waals surface area contributed by atoms with E-state index in [0.717, 1.165) is 17.7 Å². The average Bonchev–Trinajstić information content (AvgIpc) is 2.97. The Morgan fingerprint density at radius 3 is 3.00 bits per heavy atom. The van der Waals surface area contributed by atoms with Crippen LogP contribution in [0.3, 0.4) is 0 Å². The number of carbonyl (C=O) groups is 1. The molecule has 22 heavy (non-hydrogen) atoms. The summed E-state index contributed by atoms with van der Waals surface area (Å²) in [5.41, 5.74) is 1.94. The summed E-state index contributed by atoms with van der Waals surface area (Å²) in [4.78, 5) is 18.2. The number of nitrogens with one attached hydrogen (secondary N) is 1. The van der Waals surface area contributed by atoms with Gasteiger partial charge in [0, 0.05) is 30.9 Å². The van der Waals surface area contributed by atoms with Gasteiger partial charge in [-0.2, -0.15) is 0 Å². The smallest absolute Gasteiger partial charge is 0.321 e. The number of aryl methyl sites for hydroxylation is 1. The van der Waals surface area contributed by atoms with Gasteiger partial charge in [0.25, 0.3) is 0 Å². The molecule has 1 N–H and O–H groups in total. The number of anilines is 1. The lowest BCUT2D eigenvalue weighted by molar-refractivity contribution is 0.190. The molecule has 1 aromatic carbocycles. The van der Waals surface area contributed by atoms with E-state index in [0.29, 0.717) is 19.0 Å². The number of hydrogen-bond donors (Lipinski definition) is 1. The van der Waals surface area contributed by atoms with E-state index in [2.05, 4.69) is 10.3 Å². The molecule has 1 aliphatic heterocycles. The minimum atomic E-state index is -0.0854. The van der Waals surface area contributed by atoms with Gasteiger partial charge in [0.05, 0.1) is 6.54 Å². The third kappa shape index (κ3) is 3.55. The second-order valence-corrected chi connectivity index (χ2v) is 5.44. The van der Waals surface area contributed by atoms with Crippen LogP contribution in [0.25, 0.3) is 0 Å². The van der Waals surface area contributed by atoms with E-state index in [4.69, 9.17) is 4.74 Å². The largest absolute Gasteiger partial charge is 0.472 e. The fraction of sp³-hybridized carbons (Fsp3) is 0.294. The summed E-state index contributed by atoms with van der Waals surface area (Å²) >= 11 is 0. The number of aromatic nitrogens is 1. The summed E-state index contributed by atoms with van der Waals surface area (Å²) in [6.07, 6.45) is 2.52. The van der Waals surface area contributed by atoms with Crippen molar-refractivity contribution >= 4 is 11.7 Å². The van der Waals surface area contributed by atoms with Crippen LogP contribution < -0.4 is 10.1 Å². The Labute approximate surface area is 129 Å². The summed E-state index contributed by atoms with van der Waals surface area (Å²) in [7, 11) is 0. The molecular formula is C17H19N3O2. The molecule has 0 saturated carbocycles. The van der Waals surface area contributed by atoms with Crippen LogP contribution in [0.15, 0.2) is 48.7 Å². The minimum Gasteiger partial charge on any atom is -0.472 e. The molecule has 1 fully saturated rings. The van der Waals surface area contributed by atoms with Crippen molar-refractivity contribution in [3.05, 3.63) is 54.2 Å². The molecule has 5 nitrogen and oxygen atoms in total. The van der Waals surface area contributed by atoms with Crippen molar-refractivity contribution in [1.82, 2.24) is 9.88 Å². The number of hydrogen-bond acceptors (Lipinski definition) is 3. The highest BCUT2D eigenvalue weighted by Gasteiger charge is 2.27. The first-order chi connectivity index (χ1) is 10.7. The molecule has 0 bridgehead atoms. The number of urea groups is 1. The van der Waals surface area contributed by atoms with Gasteiger partial charge in [-0.1, -0.05) is 18.2 Å². The molecular weight excluding hydrogens is 278 g/mol. The predicted octanol–water partition coefficient (Wildman–Crippen LogP) is 3.08. The van der Waals surface area contributed by atoms with Crippen LogP contribution in [0.4, 0.5) is 10.5 Å². The van der Waals surface area contributed by atoms with Gasteiger partial charge in [-0.15, -0.1) is 0 Å². The number of likely N-dealkylation sites (tertiary alicyclic amines) is 1. The fourth-order valence-corrected chi connectivity index (χ4v) is 2.52. The Kier molecular flexibility index (Phi) is 4.23. The number of rotatable bonds is 3. The van der Waals surface area contributed by atoms with Gasteiger partial charge < -0.3 is 15.0 Å².